The van der Waals surface area contributed by atoms with Crippen LogP contribution in [0.15, 0.2) is 162 Å². The Morgan fingerprint density at radius 1 is 0.686 bits per heavy atom. The molecule has 1 atom stereocenters. The van der Waals surface area contributed by atoms with Crippen molar-refractivity contribution in [1.29, 1.82) is 0 Å². The van der Waals surface area contributed by atoms with Gasteiger partial charge in [-0.05, 0) is 65.4 Å². The van der Waals surface area contributed by atoms with E-state index in [1.807, 2.05) is 12.1 Å². The predicted molar refractivity (Wildman–Crippen MR) is 209 cm³/mol. The number of furan rings is 1. The first-order chi connectivity index (χ1) is 25.2. The minimum atomic E-state index is 0.377. The second-order valence-electron chi connectivity index (χ2n) is 13.5. The third-order valence-corrected chi connectivity index (χ3v) is 10.3. The molecule has 9 aromatic rings. The number of fused-ring (bicyclic) bond motifs is 7. The van der Waals surface area contributed by atoms with Gasteiger partial charge in [0.1, 0.15) is 5.58 Å². The van der Waals surface area contributed by atoms with Gasteiger partial charge in [-0.2, -0.15) is 5.10 Å². The lowest BCUT2D eigenvalue weighted by Gasteiger charge is -2.13. The maximum atomic E-state index is 6.64. The zero-order valence-electron chi connectivity index (χ0n) is 28.2. The highest BCUT2D eigenvalue weighted by Gasteiger charge is 2.22. The normalized spacial score (nSPS) is 14.6. The average Bonchev–Trinajstić information content (AvgIpc) is 3.88. The van der Waals surface area contributed by atoms with Gasteiger partial charge in [0.05, 0.1) is 17.6 Å². The summed E-state index contributed by atoms with van der Waals surface area (Å²) in [7, 11) is 0. The molecule has 1 aliphatic carbocycles. The molecule has 3 heterocycles. The molecule has 10 rings (SSSR count). The summed E-state index contributed by atoms with van der Waals surface area (Å²) in [5, 5.41) is 9.70. The van der Waals surface area contributed by atoms with Crippen molar-refractivity contribution < 1.29 is 4.42 Å². The molecule has 0 spiro atoms. The molecule has 5 heteroatoms. The van der Waals surface area contributed by atoms with E-state index < -0.39 is 0 Å². The fourth-order valence-corrected chi connectivity index (χ4v) is 7.70. The van der Waals surface area contributed by atoms with Crippen molar-refractivity contribution in [3.8, 4) is 28.2 Å². The molecule has 0 bridgehead atoms. The number of hydrogen-bond donors (Lipinski definition) is 0. The van der Waals surface area contributed by atoms with Crippen molar-refractivity contribution in [2.45, 2.75) is 19.9 Å². The molecule has 0 fully saturated rings. The predicted octanol–water partition coefficient (Wildman–Crippen LogP) is 11.6. The zero-order chi connectivity index (χ0) is 33.9. The van der Waals surface area contributed by atoms with Gasteiger partial charge < -0.3 is 8.98 Å². The van der Waals surface area contributed by atoms with E-state index in [1.54, 1.807) is 0 Å². The third kappa shape index (κ3) is 4.92. The largest absolute Gasteiger partial charge is 0.454 e. The van der Waals surface area contributed by atoms with Crippen LogP contribution in [-0.2, 0) is 6.54 Å². The number of hydrogen-bond acceptors (Lipinski definition) is 3. The summed E-state index contributed by atoms with van der Waals surface area (Å²) >= 11 is 0. The van der Waals surface area contributed by atoms with E-state index in [2.05, 4.69) is 162 Å². The number of benzene rings is 6. The molecule has 1 unspecified atom stereocenters. The first kappa shape index (κ1) is 29.5. The van der Waals surface area contributed by atoms with Gasteiger partial charge in [0, 0.05) is 38.4 Å². The highest BCUT2D eigenvalue weighted by atomic mass is 16.3. The van der Waals surface area contributed by atoms with Gasteiger partial charge in [-0.1, -0.05) is 128 Å². The van der Waals surface area contributed by atoms with Crippen molar-refractivity contribution in [2.75, 3.05) is 0 Å². The maximum Gasteiger partial charge on any atom is 0.178 e. The second kappa shape index (κ2) is 11.9. The molecule has 0 amide bonds. The average molecular weight is 659 g/mol. The third-order valence-electron chi connectivity index (χ3n) is 10.3. The quantitative estimate of drug-likeness (QED) is 0.179. The first-order valence-corrected chi connectivity index (χ1v) is 17.6. The summed E-state index contributed by atoms with van der Waals surface area (Å²) in [6, 6.07) is 49.4. The highest BCUT2D eigenvalue weighted by Crippen LogP contribution is 2.41. The summed E-state index contributed by atoms with van der Waals surface area (Å²) in [6.07, 6.45) is 7.49. The lowest BCUT2D eigenvalue weighted by atomic mass is 9.93. The molecule has 0 radical (unpaired) electrons. The van der Waals surface area contributed by atoms with Crippen LogP contribution < -0.4 is 0 Å². The van der Waals surface area contributed by atoms with Crippen LogP contribution in [0.25, 0.3) is 77.5 Å². The number of rotatable bonds is 6. The van der Waals surface area contributed by atoms with E-state index in [1.165, 1.54) is 27.5 Å². The van der Waals surface area contributed by atoms with Crippen LogP contribution in [0.5, 0.6) is 0 Å². The fourth-order valence-electron chi connectivity index (χ4n) is 7.70. The smallest absolute Gasteiger partial charge is 0.178 e. The molecule has 0 saturated carbocycles. The molecule has 0 saturated heterocycles. The second-order valence-corrected chi connectivity index (χ2v) is 13.5. The monoisotopic (exact) mass is 658 g/mol. The molecular formula is C46H34N4O. The van der Waals surface area contributed by atoms with Gasteiger partial charge in [0.2, 0.25) is 0 Å². The number of aromatic nitrogens is 4. The Bertz CT molecular complexity index is 2800. The molecule has 244 valence electrons. The Kier molecular flexibility index (Phi) is 6.84. The van der Waals surface area contributed by atoms with Crippen LogP contribution in [0, 0.1) is 5.92 Å². The van der Waals surface area contributed by atoms with Gasteiger partial charge in [-0.15, -0.1) is 0 Å². The Labute approximate surface area is 295 Å². The van der Waals surface area contributed by atoms with Crippen LogP contribution in [-0.4, -0.2) is 19.3 Å². The van der Waals surface area contributed by atoms with Gasteiger partial charge in [0.15, 0.2) is 17.2 Å². The summed E-state index contributed by atoms with van der Waals surface area (Å²) in [4.78, 5) is 5.09. The summed E-state index contributed by atoms with van der Waals surface area (Å²) in [5.41, 5.74) is 10.9. The van der Waals surface area contributed by atoms with Gasteiger partial charge >= 0.3 is 0 Å². The van der Waals surface area contributed by atoms with Crippen LogP contribution in [0.1, 0.15) is 24.7 Å². The molecule has 51 heavy (non-hydrogen) atoms. The number of allylic oxidation sites excluding steroid dienone is 4. The minimum absolute atomic E-state index is 0.377. The topological polar surface area (TPSA) is 48.8 Å². The van der Waals surface area contributed by atoms with E-state index in [9.17, 15) is 0 Å². The van der Waals surface area contributed by atoms with Gasteiger partial charge in [-0.25, -0.2) is 9.67 Å². The molecule has 6 aromatic carbocycles. The van der Waals surface area contributed by atoms with Crippen LogP contribution in [0.3, 0.4) is 0 Å². The van der Waals surface area contributed by atoms with Crippen LogP contribution in [0.2, 0.25) is 0 Å². The first-order valence-electron chi connectivity index (χ1n) is 17.6. The maximum absolute atomic E-state index is 6.64. The van der Waals surface area contributed by atoms with Crippen molar-refractivity contribution in [3.63, 3.8) is 0 Å². The summed E-state index contributed by atoms with van der Waals surface area (Å²) in [6.45, 7) is 2.85. The van der Waals surface area contributed by atoms with E-state index in [0.29, 0.717) is 12.5 Å². The van der Waals surface area contributed by atoms with Crippen LogP contribution >= 0.6 is 0 Å². The van der Waals surface area contributed by atoms with Gasteiger partial charge in [0.25, 0.3) is 0 Å². The van der Waals surface area contributed by atoms with Crippen molar-refractivity contribution >= 4 is 49.3 Å². The molecule has 1 aliphatic rings. The fraction of sp³-hybridized carbons (Fsp3) is 0.0870. The molecule has 0 aliphatic heterocycles. The standard InChI is InChI=1S/C46H34N4O/c1-30-12-8-9-17-36(30)45-47-46(33-15-6-3-7-16-33)49(48-45)29-31-20-23-35(24-21-31)50-41-27-22-34(32-13-4-2-5-14-32)28-40(41)38-25-26-39-37-18-10-11-19-42(37)51-44(39)43(38)50/h2-11,13-28,30H,12,29H2,1H3. The van der Waals surface area contributed by atoms with E-state index >= 15 is 0 Å². The van der Waals surface area contributed by atoms with Crippen LogP contribution in [0.4, 0.5) is 0 Å². The summed E-state index contributed by atoms with van der Waals surface area (Å²) < 4.78 is 11.1. The minimum Gasteiger partial charge on any atom is -0.454 e. The number of para-hydroxylation sites is 1. The zero-order valence-corrected chi connectivity index (χ0v) is 28.2. The van der Waals surface area contributed by atoms with E-state index in [4.69, 9.17) is 14.5 Å². The van der Waals surface area contributed by atoms with Crippen molar-refractivity contribution in [1.82, 2.24) is 19.3 Å². The van der Waals surface area contributed by atoms with E-state index in [0.717, 1.165) is 67.9 Å². The molecule has 5 nitrogen and oxygen atoms in total. The van der Waals surface area contributed by atoms with Crippen molar-refractivity contribution in [3.05, 3.63) is 169 Å². The lowest BCUT2D eigenvalue weighted by Crippen LogP contribution is -2.06. The highest BCUT2D eigenvalue weighted by molar-refractivity contribution is 6.21. The Morgan fingerprint density at radius 3 is 2.24 bits per heavy atom. The Balaban J connectivity index is 1.11. The van der Waals surface area contributed by atoms with Gasteiger partial charge in [-0.3, -0.25) is 0 Å². The Hall–Kier alpha value is -6.46. The number of nitrogens with zero attached hydrogens (tertiary/aromatic N) is 4. The lowest BCUT2D eigenvalue weighted by molar-refractivity contribution is 0.671. The molecular weight excluding hydrogens is 625 g/mol. The molecule has 3 aromatic heterocycles. The van der Waals surface area contributed by atoms with E-state index in [-0.39, 0.29) is 0 Å². The SMILES string of the molecule is CC1CC=CC=C1c1nc(-c2ccccc2)n(Cc2ccc(-n3c4ccc(-c5ccccc5)cc4c4ccc5c6ccccc6oc5c43)cc2)n1. The summed E-state index contributed by atoms with van der Waals surface area (Å²) in [5.74, 6) is 2.06. The Morgan fingerprint density at radius 2 is 1.43 bits per heavy atom. The molecule has 0 N–H and O–H groups in total. The van der Waals surface area contributed by atoms with Crippen molar-refractivity contribution in [2.24, 2.45) is 5.92 Å².